The number of rotatable bonds is 2. The lowest BCUT2D eigenvalue weighted by Gasteiger charge is -2.34. The topological polar surface area (TPSA) is 15.3 Å². The van der Waals surface area contributed by atoms with Gasteiger partial charge < -0.3 is 5.32 Å². The van der Waals surface area contributed by atoms with Crippen LogP contribution in [0.3, 0.4) is 0 Å². The van der Waals surface area contributed by atoms with Crippen molar-refractivity contribution in [1.29, 1.82) is 0 Å². The molecule has 2 nitrogen and oxygen atoms in total. The van der Waals surface area contributed by atoms with Gasteiger partial charge in [-0.25, -0.2) is 13.2 Å². The van der Waals surface area contributed by atoms with Crippen LogP contribution in [0.4, 0.5) is 13.2 Å². The van der Waals surface area contributed by atoms with Crippen molar-refractivity contribution >= 4 is 12.4 Å². The van der Waals surface area contributed by atoms with Crippen molar-refractivity contribution in [3.63, 3.8) is 0 Å². The fourth-order valence-electron chi connectivity index (χ4n) is 3.19. The van der Waals surface area contributed by atoms with Gasteiger partial charge in [0.05, 0.1) is 0 Å². The number of nitrogens with one attached hydrogen (secondary N) is 1. The summed E-state index contributed by atoms with van der Waals surface area (Å²) in [5.41, 5.74) is 0.239. The number of hydrogen-bond donors (Lipinski definition) is 1. The molecule has 1 N–H and O–H groups in total. The zero-order valence-corrected chi connectivity index (χ0v) is 11.9. The van der Waals surface area contributed by atoms with E-state index in [-0.39, 0.29) is 18.0 Å². The molecule has 0 spiro atoms. The number of piperidine rings is 1. The highest BCUT2D eigenvalue weighted by Crippen LogP contribution is 2.26. The maximum Gasteiger partial charge on any atom is 0.161 e. The second-order valence-electron chi connectivity index (χ2n) is 5.49. The van der Waals surface area contributed by atoms with Gasteiger partial charge in [0.1, 0.15) is 5.82 Å². The molecule has 1 aromatic carbocycles. The average molecular weight is 307 g/mol. The van der Waals surface area contributed by atoms with Crippen molar-refractivity contribution in [1.82, 2.24) is 10.2 Å². The Kier molecular flexibility index (Phi) is 4.94. The zero-order chi connectivity index (χ0) is 13.4. The van der Waals surface area contributed by atoms with Gasteiger partial charge in [-0.1, -0.05) is 0 Å². The molecule has 0 bridgehead atoms. The quantitative estimate of drug-likeness (QED) is 0.845. The minimum atomic E-state index is -1.13. The van der Waals surface area contributed by atoms with Crippen LogP contribution < -0.4 is 5.32 Å². The number of benzene rings is 1. The first-order valence-corrected chi connectivity index (χ1v) is 6.72. The second kappa shape index (κ2) is 6.33. The molecule has 0 radical (unpaired) electrons. The van der Waals surface area contributed by atoms with E-state index in [4.69, 9.17) is 0 Å². The lowest BCUT2D eigenvalue weighted by atomic mass is 9.93. The van der Waals surface area contributed by atoms with Crippen LogP contribution in [-0.2, 0) is 6.54 Å². The van der Waals surface area contributed by atoms with Crippen LogP contribution in [0.15, 0.2) is 12.1 Å². The number of nitrogens with zero attached hydrogens (tertiary/aromatic N) is 1. The molecule has 0 saturated carbocycles. The van der Waals surface area contributed by atoms with Gasteiger partial charge in [0, 0.05) is 30.8 Å². The van der Waals surface area contributed by atoms with E-state index >= 15 is 0 Å². The van der Waals surface area contributed by atoms with Gasteiger partial charge in [0.25, 0.3) is 0 Å². The molecule has 0 aromatic heterocycles. The van der Waals surface area contributed by atoms with E-state index in [0.29, 0.717) is 24.6 Å². The zero-order valence-electron chi connectivity index (χ0n) is 11.0. The Morgan fingerprint density at radius 1 is 1.10 bits per heavy atom. The molecule has 2 aliphatic heterocycles. The average Bonchev–Trinajstić information content (AvgIpc) is 2.83. The van der Waals surface area contributed by atoms with Gasteiger partial charge in [0.2, 0.25) is 0 Å². The summed E-state index contributed by atoms with van der Waals surface area (Å²) in [4.78, 5) is 2.13. The Hall–Kier alpha value is -0.780. The van der Waals surface area contributed by atoms with Gasteiger partial charge in [-0.15, -0.1) is 12.4 Å². The number of fused-ring (bicyclic) bond motifs is 1. The minimum absolute atomic E-state index is 0. The number of hydrogen-bond acceptors (Lipinski definition) is 2. The fourth-order valence-corrected chi connectivity index (χ4v) is 3.19. The van der Waals surface area contributed by atoms with E-state index in [2.05, 4.69) is 10.2 Å². The molecule has 1 aromatic rings. The van der Waals surface area contributed by atoms with Crippen LogP contribution in [-0.4, -0.2) is 30.6 Å². The molecule has 0 aliphatic carbocycles. The van der Waals surface area contributed by atoms with Gasteiger partial charge in [-0.2, -0.15) is 0 Å². The van der Waals surface area contributed by atoms with Crippen LogP contribution >= 0.6 is 12.4 Å². The van der Waals surface area contributed by atoms with Crippen molar-refractivity contribution < 1.29 is 13.2 Å². The Balaban J connectivity index is 0.00000147. The summed E-state index contributed by atoms with van der Waals surface area (Å²) in [5.74, 6) is -2.17. The molecule has 0 amide bonds. The number of halogens is 4. The second-order valence-corrected chi connectivity index (χ2v) is 5.49. The van der Waals surface area contributed by atoms with Crippen molar-refractivity contribution in [2.24, 2.45) is 5.92 Å². The minimum Gasteiger partial charge on any atom is -0.314 e. The molecular weight excluding hydrogens is 289 g/mol. The Bertz CT molecular complexity index is 484. The normalized spacial score (nSPS) is 26.1. The molecule has 3 rings (SSSR count). The predicted octanol–water partition coefficient (Wildman–Crippen LogP) is 2.71. The molecule has 2 fully saturated rings. The van der Waals surface area contributed by atoms with Crippen LogP contribution in [0.25, 0.3) is 0 Å². The molecule has 2 atom stereocenters. The van der Waals surface area contributed by atoms with Crippen LogP contribution in [0.5, 0.6) is 0 Å². The van der Waals surface area contributed by atoms with Crippen LogP contribution in [0, 0.1) is 23.4 Å². The first-order valence-electron chi connectivity index (χ1n) is 6.72. The van der Waals surface area contributed by atoms with Gasteiger partial charge in [0.15, 0.2) is 11.6 Å². The monoisotopic (exact) mass is 306 g/mol. The van der Waals surface area contributed by atoms with Crippen LogP contribution in [0.2, 0.25) is 0 Å². The smallest absolute Gasteiger partial charge is 0.161 e. The summed E-state index contributed by atoms with van der Waals surface area (Å²) in [7, 11) is 0. The summed E-state index contributed by atoms with van der Waals surface area (Å²) in [6.07, 6.45) is 2.18. The van der Waals surface area contributed by atoms with Crippen molar-refractivity contribution in [3.05, 3.63) is 35.1 Å². The van der Waals surface area contributed by atoms with E-state index in [0.717, 1.165) is 38.5 Å². The van der Waals surface area contributed by atoms with Gasteiger partial charge in [-0.05, 0) is 37.9 Å². The molecule has 2 heterocycles. The highest BCUT2D eigenvalue weighted by atomic mass is 35.5. The molecule has 20 heavy (non-hydrogen) atoms. The van der Waals surface area contributed by atoms with Crippen LogP contribution in [0.1, 0.15) is 18.4 Å². The van der Waals surface area contributed by atoms with E-state index in [1.54, 1.807) is 0 Å². The SMILES string of the molecule is Cl.Fc1cc(F)c(CN2CCC3NCCC3C2)cc1F. The van der Waals surface area contributed by atoms with Crippen molar-refractivity contribution in [3.8, 4) is 0 Å². The first-order chi connectivity index (χ1) is 9.13. The lowest BCUT2D eigenvalue weighted by Crippen LogP contribution is -2.44. The third-order valence-electron chi connectivity index (χ3n) is 4.22. The van der Waals surface area contributed by atoms with E-state index in [9.17, 15) is 13.2 Å². The standard InChI is InChI=1S/C14H17F3N2.ClH/c15-11-6-13(17)12(16)5-10(11)8-19-4-2-14-9(7-19)1-3-18-14;/h5-6,9,14,18H,1-4,7-8H2;1H. The Morgan fingerprint density at radius 2 is 1.85 bits per heavy atom. The predicted molar refractivity (Wildman–Crippen MR) is 73.4 cm³/mol. The Labute approximate surface area is 122 Å². The summed E-state index contributed by atoms with van der Waals surface area (Å²) in [6, 6.07) is 2.18. The third kappa shape index (κ3) is 3.10. The largest absolute Gasteiger partial charge is 0.314 e. The molecule has 112 valence electrons. The summed E-state index contributed by atoms with van der Waals surface area (Å²) < 4.78 is 39.6. The van der Waals surface area contributed by atoms with Crippen molar-refractivity contribution in [2.45, 2.75) is 25.4 Å². The fraction of sp³-hybridized carbons (Fsp3) is 0.571. The first kappa shape index (κ1) is 15.6. The van der Waals surface area contributed by atoms with Gasteiger partial charge in [-0.3, -0.25) is 4.90 Å². The van der Waals surface area contributed by atoms with Gasteiger partial charge >= 0.3 is 0 Å². The molecular formula is C14H18ClF3N2. The van der Waals surface area contributed by atoms with E-state index < -0.39 is 17.5 Å². The van der Waals surface area contributed by atoms with E-state index in [1.807, 2.05) is 0 Å². The number of likely N-dealkylation sites (tertiary alicyclic amines) is 1. The highest BCUT2D eigenvalue weighted by molar-refractivity contribution is 5.85. The van der Waals surface area contributed by atoms with Crippen molar-refractivity contribution in [2.75, 3.05) is 19.6 Å². The summed E-state index contributed by atoms with van der Waals surface area (Å²) >= 11 is 0. The summed E-state index contributed by atoms with van der Waals surface area (Å²) in [6.45, 7) is 3.16. The molecule has 6 heteroatoms. The Morgan fingerprint density at radius 3 is 2.65 bits per heavy atom. The highest BCUT2D eigenvalue weighted by Gasteiger charge is 2.32. The third-order valence-corrected chi connectivity index (χ3v) is 4.22. The summed E-state index contributed by atoms with van der Waals surface area (Å²) in [5, 5.41) is 3.46. The maximum absolute atomic E-state index is 13.6. The molecule has 2 aliphatic rings. The van der Waals surface area contributed by atoms with E-state index in [1.165, 1.54) is 0 Å². The maximum atomic E-state index is 13.6. The lowest BCUT2D eigenvalue weighted by molar-refractivity contribution is 0.154. The molecule has 2 unspecified atom stereocenters. The molecule has 2 saturated heterocycles.